The number of carbonyl (C=O) groups excluding carboxylic acids is 4. The molecule has 10 nitrogen and oxygen atoms in total. The standard InChI is InChI=1S/C21H22N6O4/c28-18-4-3-15(19(29)25-18)27-20(30)13-2-1-12(9-14(13)21(27)31)10-23-17-11-24-16-5-6-22-7-8-26(16)17/h1-2,9,11,15,22-23H,3-8,10H2,(H,25,28,29). The fraction of sp³-hybridized carbons (Fsp3) is 0.381. The first kappa shape index (κ1) is 19.4. The summed E-state index contributed by atoms with van der Waals surface area (Å²) in [4.78, 5) is 54.8. The van der Waals surface area contributed by atoms with Gasteiger partial charge in [-0.1, -0.05) is 6.07 Å². The van der Waals surface area contributed by atoms with Gasteiger partial charge in [0, 0.05) is 39.0 Å². The minimum absolute atomic E-state index is 0.101. The first-order chi connectivity index (χ1) is 15.0. The molecule has 2 aromatic rings. The molecule has 1 atom stereocenters. The number of carbonyl (C=O) groups is 4. The molecule has 0 radical (unpaired) electrons. The molecule has 4 heterocycles. The second-order valence-electron chi connectivity index (χ2n) is 7.89. The number of nitrogens with one attached hydrogen (secondary N) is 3. The number of hydrogen-bond donors (Lipinski definition) is 3. The van der Waals surface area contributed by atoms with E-state index in [1.807, 2.05) is 6.20 Å². The van der Waals surface area contributed by atoms with E-state index >= 15 is 0 Å². The van der Waals surface area contributed by atoms with E-state index in [0.717, 1.165) is 48.2 Å². The van der Waals surface area contributed by atoms with Crippen molar-refractivity contribution in [3.05, 3.63) is 46.9 Å². The molecule has 3 N–H and O–H groups in total. The van der Waals surface area contributed by atoms with E-state index in [2.05, 4.69) is 25.5 Å². The predicted octanol–water partition coefficient (Wildman–Crippen LogP) is 0.0421. The van der Waals surface area contributed by atoms with Gasteiger partial charge in [-0.15, -0.1) is 0 Å². The number of rotatable bonds is 4. The predicted molar refractivity (Wildman–Crippen MR) is 109 cm³/mol. The van der Waals surface area contributed by atoms with Crippen LogP contribution in [0, 0.1) is 0 Å². The van der Waals surface area contributed by atoms with Gasteiger partial charge in [0.05, 0.1) is 17.3 Å². The summed E-state index contributed by atoms with van der Waals surface area (Å²) in [6, 6.07) is 4.16. The maximum Gasteiger partial charge on any atom is 0.262 e. The number of nitrogens with zero attached hydrogens (tertiary/aromatic N) is 3. The maximum atomic E-state index is 12.9. The molecule has 1 unspecified atom stereocenters. The van der Waals surface area contributed by atoms with Crippen molar-refractivity contribution in [3.63, 3.8) is 0 Å². The highest BCUT2D eigenvalue weighted by Crippen LogP contribution is 2.28. The summed E-state index contributed by atoms with van der Waals surface area (Å²) in [5.41, 5.74) is 1.40. The second-order valence-corrected chi connectivity index (χ2v) is 7.89. The zero-order chi connectivity index (χ0) is 21.5. The van der Waals surface area contributed by atoms with Crippen molar-refractivity contribution < 1.29 is 19.2 Å². The van der Waals surface area contributed by atoms with Crippen LogP contribution in [-0.4, -0.2) is 57.2 Å². The van der Waals surface area contributed by atoms with Crippen LogP contribution in [0.3, 0.4) is 0 Å². The zero-order valence-corrected chi connectivity index (χ0v) is 16.8. The topological polar surface area (TPSA) is 125 Å². The first-order valence-electron chi connectivity index (χ1n) is 10.4. The van der Waals surface area contributed by atoms with E-state index in [0.29, 0.717) is 6.54 Å². The fourth-order valence-corrected chi connectivity index (χ4v) is 4.34. The second kappa shape index (κ2) is 7.62. The Labute approximate surface area is 178 Å². The molecule has 0 bridgehead atoms. The molecule has 3 aliphatic rings. The van der Waals surface area contributed by atoms with E-state index in [9.17, 15) is 19.2 Å². The summed E-state index contributed by atoms with van der Waals surface area (Å²) in [7, 11) is 0. The van der Waals surface area contributed by atoms with Crippen molar-refractivity contribution in [1.82, 2.24) is 25.1 Å². The van der Waals surface area contributed by atoms with Gasteiger partial charge in [0.2, 0.25) is 11.8 Å². The maximum absolute atomic E-state index is 12.9. The van der Waals surface area contributed by atoms with Crippen molar-refractivity contribution in [3.8, 4) is 0 Å². The van der Waals surface area contributed by atoms with Crippen LogP contribution in [0.5, 0.6) is 0 Å². The van der Waals surface area contributed by atoms with Crippen LogP contribution < -0.4 is 16.0 Å². The van der Waals surface area contributed by atoms with Gasteiger partial charge in [-0.2, -0.15) is 0 Å². The van der Waals surface area contributed by atoms with Gasteiger partial charge in [0.25, 0.3) is 11.8 Å². The molecule has 0 saturated carbocycles. The number of imide groups is 2. The molecular formula is C21H22N6O4. The lowest BCUT2D eigenvalue weighted by molar-refractivity contribution is -0.136. The molecule has 3 aliphatic heterocycles. The monoisotopic (exact) mass is 422 g/mol. The van der Waals surface area contributed by atoms with E-state index in [1.165, 1.54) is 0 Å². The Morgan fingerprint density at radius 3 is 2.74 bits per heavy atom. The van der Waals surface area contributed by atoms with Crippen LogP contribution in [-0.2, 0) is 29.1 Å². The number of hydrogen-bond acceptors (Lipinski definition) is 7. The average molecular weight is 422 g/mol. The number of piperidine rings is 1. The van der Waals surface area contributed by atoms with Gasteiger partial charge < -0.3 is 15.2 Å². The molecule has 160 valence electrons. The van der Waals surface area contributed by atoms with Crippen LogP contribution in [0.25, 0.3) is 0 Å². The van der Waals surface area contributed by atoms with E-state index < -0.39 is 23.8 Å². The van der Waals surface area contributed by atoms with Gasteiger partial charge in [-0.3, -0.25) is 29.4 Å². The van der Waals surface area contributed by atoms with Crippen molar-refractivity contribution in [2.24, 2.45) is 0 Å². The van der Waals surface area contributed by atoms with Crippen LogP contribution >= 0.6 is 0 Å². The smallest absolute Gasteiger partial charge is 0.262 e. The average Bonchev–Trinajstić information content (AvgIpc) is 3.13. The molecule has 1 aromatic carbocycles. The highest BCUT2D eigenvalue weighted by molar-refractivity contribution is 6.23. The molecule has 0 spiro atoms. The van der Waals surface area contributed by atoms with Gasteiger partial charge in [-0.05, 0) is 24.1 Å². The summed E-state index contributed by atoms with van der Waals surface area (Å²) in [6.45, 7) is 3.08. The third-order valence-electron chi connectivity index (χ3n) is 5.95. The molecule has 0 aliphatic carbocycles. The van der Waals surface area contributed by atoms with Crippen LogP contribution in [0.15, 0.2) is 24.4 Å². The normalized spacial score (nSPS) is 20.9. The largest absolute Gasteiger partial charge is 0.366 e. The van der Waals surface area contributed by atoms with Gasteiger partial charge >= 0.3 is 0 Å². The summed E-state index contributed by atoms with van der Waals surface area (Å²) in [5.74, 6) is -0.0551. The number of imidazole rings is 1. The lowest BCUT2D eigenvalue weighted by Crippen LogP contribution is -2.54. The Kier molecular flexibility index (Phi) is 4.78. The van der Waals surface area contributed by atoms with Crippen molar-refractivity contribution in [1.29, 1.82) is 0 Å². The SMILES string of the molecule is O=C1CCC(N2C(=O)c3ccc(CNc4cnc5n4CCNCC5)cc3C2=O)C(=O)N1. The van der Waals surface area contributed by atoms with Gasteiger partial charge in [0.1, 0.15) is 17.7 Å². The number of aromatic nitrogens is 2. The van der Waals surface area contributed by atoms with Crippen molar-refractivity contribution in [2.45, 2.75) is 38.4 Å². The van der Waals surface area contributed by atoms with Crippen molar-refractivity contribution >= 4 is 29.4 Å². The Morgan fingerprint density at radius 1 is 1.06 bits per heavy atom. The summed E-state index contributed by atoms with van der Waals surface area (Å²) < 4.78 is 2.15. The molecule has 4 amide bonds. The lowest BCUT2D eigenvalue weighted by atomic mass is 10.0. The molecule has 1 fully saturated rings. The third-order valence-corrected chi connectivity index (χ3v) is 5.95. The molecule has 1 aromatic heterocycles. The highest BCUT2D eigenvalue weighted by atomic mass is 16.2. The number of amides is 4. The summed E-state index contributed by atoms with van der Waals surface area (Å²) in [5, 5.41) is 8.91. The number of anilines is 1. The minimum atomic E-state index is -0.956. The molecule has 1 saturated heterocycles. The van der Waals surface area contributed by atoms with Gasteiger partial charge in [0.15, 0.2) is 0 Å². The molecule has 10 heteroatoms. The Bertz CT molecular complexity index is 1110. The fourth-order valence-electron chi connectivity index (χ4n) is 4.34. The van der Waals surface area contributed by atoms with E-state index in [-0.39, 0.29) is 29.9 Å². The van der Waals surface area contributed by atoms with E-state index in [1.54, 1.807) is 18.2 Å². The number of fused-ring (bicyclic) bond motifs is 2. The van der Waals surface area contributed by atoms with E-state index in [4.69, 9.17) is 0 Å². The van der Waals surface area contributed by atoms with Crippen LogP contribution in [0.4, 0.5) is 5.82 Å². The Morgan fingerprint density at radius 2 is 1.90 bits per heavy atom. The van der Waals surface area contributed by atoms with Crippen LogP contribution in [0.2, 0.25) is 0 Å². The van der Waals surface area contributed by atoms with Crippen molar-refractivity contribution in [2.75, 3.05) is 18.4 Å². The third kappa shape index (κ3) is 3.38. The Hall–Kier alpha value is -3.53. The number of benzene rings is 1. The molecular weight excluding hydrogens is 400 g/mol. The molecule has 5 rings (SSSR count). The Balaban J connectivity index is 1.33. The lowest BCUT2D eigenvalue weighted by Gasteiger charge is -2.27. The first-order valence-corrected chi connectivity index (χ1v) is 10.4. The quantitative estimate of drug-likeness (QED) is 0.594. The minimum Gasteiger partial charge on any atom is -0.366 e. The van der Waals surface area contributed by atoms with Crippen LogP contribution in [0.1, 0.15) is 44.9 Å². The highest BCUT2D eigenvalue weighted by Gasteiger charge is 2.44. The summed E-state index contributed by atoms with van der Waals surface area (Å²) in [6.07, 6.45) is 2.93. The van der Waals surface area contributed by atoms with Gasteiger partial charge in [-0.25, -0.2) is 4.98 Å². The zero-order valence-electron chi connectivity index (χ0n) is 16.8. The molecule has 31 heavy (non-hydrogen) atoms. The summed E-state index contributed by atoms with van der Waals surface area (Å²) >= 11 is 0.